The van der Waals surface area contributed by atoms with Gasteiger partial charge < -0.3 is 5.32 Å². The van der Waals surface area contributed by atoms with Gasteiger partial charge >= 0.3 is 0 Å². The number of hydrogen-bond donors (Lipinski definition) is 1. The van der Waals surface area contributed by atoms with Crippen LogP contribution in [0.4, 0.5) is 0 Å². The fraction of sp³-hybridized carbons (Fsp3) is 0.333. The van der Waals surface area contributed by atoms with Crippen LogP contribution in [0.1, 0.15) is 11.4 Å². The number of nitrogens with one attached hydrogen (secondary N) is 1. The predicted molar refractivity (Wildman–Crippen MR) is 51.5 cm³/mol. The van der Waals surface area contributed by atoms with Crippen molar-refractivity contribution in [1.82, 2.24) is 10.3 Å². The van der Waals surface area contributed by atoms with E-state index >= 15 is 0 Å². The highest BCUT2D eigenvalue weighted by Crippen LogP contribution is 1.97. The van der Waals surface area contributed by atoms with Crippen LogP contribution in [0.25, 0.3) is 0 Å². The van der Waals surface area contributed by atoms with Crippen LogP contribution >= 0.6 is 11.6 Å². The molecule has 1 aromatic rings. The molecule has 0 fully saturated rings. The Morgan fingerprint density at radius 3 is 3.00 bits per heavy atom. The van der Waals surface area contributed by atoms with E-state index in [0.29, 0.717) is 6.54 Å². The molecular formula is C9H11ClN2O. The van der Waals surface area contributed by atoms with Crippen LogP contribution in [0.3, 0.4) is 0 Å². The summed E-state index contributed by atoms with van der Waals surface area (Å²) < 4.78 is 0. The summed E-state index contributed by atoms with van der Waals surface area (Å²) in [7, 11) is 0. The molecular weight excluding hydrogens is 188 g/mol. The standard InChI is InChI=1S/C9H11ClN2O/c1-7-3-2-4-8(12-7)6-11-9(13)5-10/h2-4H,5-6H2,1H3,(H,11,13). The summed E-state index contributed by atoms with van der Waals surface area (Å²) in [5, 5.41) is 2.64. The van der Waals surface area contributed by atoms with E-state index in [-0.39, 0.29) is 11.8 Å². The maximum Gasteiger partial charge on any atom is 0.235 e. The zero-order valence-corrected chi connectivity index (χ0v) is 8.14. The van der Waals surface area contributed by atoms with Gasteiger partial charge in [0.1, 0.15) is 5.88 Å². The second-order valence-corrected chi connectivity index (χ2v) is 2.95. The molecule has 1 heterocycles. The lowest BCUT2D eigenvalue weighted by Gasteiger charge is -2.02. The summed E-state index contributed by atoms with van der Waals surface area (Å²) in [5.41, 5.74) is 1.79. The number of aromatic nitrogens is 1. The third-order valence-corrected chi connectivity index (χ3v) is 1.78. The van der Waals surface area contributed by atoms with Crippen molar-refractivity contribution in [2.24, 2.45) is 0 Å². The van der Waals surface area contributed by atoms with Gasteiger partial charge in [-0.2, -0.15) is 0 Å². The summed E-state index contributed by atoms with van der Waals surface area (Å²) in [6.45, 7) is 2.35. The Bertz CT molecular complexity index is 301. The van der Waals surface area contributed by atoms with Gasteiger partial charge in [-0.3, -0.25) is 9.78 Å². The SMILES string of the molecule is Cc1cccc(CNC(=O)CCl)n1. The number of nitrogens with zero attached hydrogens (tertiary/aromatic N) is 1. The molecule has 0 bridgehead atoms. The van der Waals surface area contributed by atoms with Crippen LogP contribution in [0.5, 0.6) is 0 Å². The highest BCUT2D eigenvalue weighted by molar-refractivity contribution is 6.27. The molecule has 4 heteroatoms. The van der Waals surface area contributed by atoms with Gasteiger partial charge in [0.05, 0.1) is 12.2 Å². The van der Waals surface area contributed by atoms with Gasteiger partial charge in [0.25, 0.3) is 0 Å². The first-order valence-corrected chi connectivity index (χ1v) is 4.51. The van der Waals surface area contributed by atoms with Crippen LogP contribution in [0.2, 0.25) is 0 Å². The third kappa shape index (κ3) is 3.42. The molecule has 0 spiro atoms. The minimum absolute atomic E-state index is 0.00812. The summed E-state index contributed by atoms with van der Waals surface area (Å²) >= 11 is 5.32. The maximum atomic E-state index is 10.8. The lowest BCUT2D eigenvalue weighted by molar-refractivity contribution is -0.118. The second-order valence-electron chi connectivity index (χ2n) is 2.68. The molecule has 1 amide bonds. The summed E-state index contributed by atoms with van der Waals surface area (Å²) in [6.07, 6.45) is 0. The molecule has 1 N–H and O–H groups in total. The molecule has 13 heavy (non-hydrogen) atoms. The van der Waals surface area contributed by atoms with Crippen molar-refractivity contribution in [2.75, 3.05) is 5.88 Å². The number of halogens is 1. The average Bonchev–Trinajstić information content (AvgIpc) is 2.14. The minimum atomic E-state index is -0.176. The Morgan fingerprint density at radius 1 is 1.62 bits per heavy atom. The summed E-state index contributed by atoms with van der Waals surface area (Å²) in [5.74, 6) is -0.184. The van der Waals surface area contributed by atoms with Crippen LogP contribution in [0, 0.1) is 6.92 Å². The molecule has 0 radical (unpaired) electrons. The van der Waals surface area contributed by atoms with Crippen molar-refractivity contribution in [1.29, 1.82) is 0 Å². The normalized spacial score (nSPS) is 9.69. The molecule has 0 aliphatic rings. The number of carbonyl (C=O) groups is 1. The first-order chi connectivity index (χ1) is 6.22. The zero-order valence-electron chi connectivity index (χ0n) is 7.38. The van der Waals surface area contributed by atoms with E-state index in [0.717, 1.165) is 11.4 Å². The number of rotatable bonds is 3. The maximum absolute atomic E-state index is 10.8. The Labute approximate surface area is 82.1 Å². The number of carbonyl (C=O) groups excluding carboxylic acids is 1. The fourth-order valence-electron chi connectivity index (χ4n) is 0.934. The number of aryl methyl sites for hydroxylation is 1. The first-order valence-electron chi connectivity index (χ1n) is 3.97. The van der Waals surface area contributed by atoms with Crippen LogP contribution in [-0.4, -0.2) is 16.8 Å². The number of hydrogen-bond acceptors (Lipinski definition) is 2. The molecule has 0 aliphatic heterocycles. The van der Waals surface area contributed by atoms with Gasteiger partial charge in [-0.15, -0.1) is 11.6 Å². The van der Waals surface area contributed by atoms with Crippen molar-refractivity contribution >= 4 is 17.5 Å². The van der Waals surface area contributed by atoms with E-state index < -0.39 is 0 Å². The van der Waals surface area contributed by atoms with Crippen molar-refractivity contribution in [3.63, 3.8) is 0 Å². The first kappa shape index (κ1) is 9.99. The lowest BCUT2D eigenvalue weighted by Crippen LogP contribution is -2.24. The van der Waals surface area contributed by atoms with E-state index in [2.05, 4.69) is 10.3 Å². The monoisotopic (exact) mass is 198 g/mol. The van der Waals surface area contributed by atoms with Crippen LogP contribution in [0.15, 0.2) is 18.2 Å². The molecule has 0 saturated heterocycles. The molecule has 0 aliphatic carbocycles. The van der Waals surface area contributed by atoms with Gasteiger partial charge in [0.2, 0.25) is 5.91 Å². The predicted octanol–water partition coefficient (Wildman–Crippen LogP) is 1.25. The molecule has 3 nitrogen and oxygen atoms in total. The van der Waals surface area contributed by atoms with Gasteiger partial charge in [-0.05, 0) is 19.1 Å². The molecule has 0 atom stereocenters. The van der Waals surface area contributed by atoms with Crippen molar-refractivity contribution in [3.05, 3.63) is 29.6 Å². The lowest BCUT2D eigenvalue weighted by atomic mass is 10.3. The third-order valence-electron chi connectivity index (χ3n) is 1.53. The zero-order chi connectivity index (χ0) is 9.68. The molecule has 1 rings (SSSR count). The Balaban J connectivity index is 2.50. The number of amides is 1. The van der Waals surface area contributed by atoms with Gasteiger partial charge in [-0.25, -0.2) is 0 Å². The highest BCUT2D eigenvalue weighted by Gasteiger charge is 1.98. The Hall–Kier alpha value is -1.09. The molecule has 0 unspecified atom stereocenters. The fourth-order valence-corrected chi connectivity index (χ4v) is 1.03. The molecule has 1 aromatic heterocycles. The van der Waals surface area contributed by atoms with E-state index in [1.807, 2.05) is 25.1 Å². The quantitative estimate of drug-likeness (QED) is 0.743. The molecule has 0 aromatic carbocycles. The largest absolute Gasteiger partial charge is 0.349 e. The highest BCUT2D eigenvalue weighted by atomic mass is 35.5. The van der Waals surface area contributed by atoms with E-state index in [4.69, 9.17) is 11.6 Å². The van der Waals surface area contributed by atoms with E-state index in [1.165, 1.54) is 0 Å². The smallest absolute Gasteiger partial charge is 0.235 e. The Kier molecular flexibility index (Phi) is 3.71. The van der Waals surface area contributed by atoms with Crippen molar-refractivity contribution < 1.29 is 4.79 Å². The van der Waals surface area contributed by atoms with Gasteiger partial charge in [0, 0.05) is 5.69 Å². The Morgan fingerprint density at radius 2 is 2.38 bits per heavy atom. The van der Waals surface area contributed by atoms with E-state index in [9.17, 15) is 4.79 Å². The topological polar surface area (TPSA) is 42.0 Å². The van der Waals surface area contributed by atoms with E-state index in [1.54, 1.807) is 0 Å². The van der Waals surface area contributed by atoms with Crippen LogP contribution < -0.4 is 5.32 Å². The summed E-state index contributed by atoms with van der Waals surface area (Å²) in [4.78, 5) is 15.0. The number of pyridine rings is 1. The average molecular weight is 199 g/mol. The number of alkyl halides is 1. The molecule has 0 saturated carbocycles. The van der Waals surface area contributed by atoms with Crippen LogP contribution in [-0.2, 0) is 11.3 Å². The van der Waals surface area contributed by atoms with Gasteiger partial charge in [-0.1, -0.05) is 6.07 Å². The summed E-state index contributed by atoms with van der Waals surface area (Å²) in [6, 6.07) is 5.68. The van der Waals surface area contributed by atoms with Crippen molar-refractivity contribution in [3.8, 4) is 0 Å². The molecule has 70 valence electrons. The second kappa shape index (κ2) is 4.82. The minimum Gasteiger partial charge on any atom is -0.349 e. The van der Waals surface area contributed by atoms with Crippen molar-refractivity contribution in [2.45, 2.75) is 13.5 Å². The van der Waals surface area contributed by atoms with Gasteiger partial charge in [0.15, 0.2) is 0 Å².